The molecule has 0 spiro atoms. The van der Waals surface area contributed by atoms with Gasteiger partial charge in [-0.2, -0.15) is 0 Å². The average molecular weight is 236 g/mol. The summed E-state index contributed by atoms with van der Waals surface area (Å²) in [6.07, 6.45) is 1.76. The van der Waals surface area contributed by atoms with E-state index >= 15 is 0 Å². The summed E-state index contributed by atoms with van der Waals surface area (Å²) in [5.74, 6) is 1.53. The maximum Gasteiger partial charge on any atom is 0.125 e. The monoisotopic (exact) mass is 236 g/mol. The van der Waals surface area contributed by atoms with E-state index in [1.165, 1.54) is 6.42 Å². The van der Waals surface area contributed by atoms with Crippen molar-refractivity contribution in [3.63, 3.8) is 0 Å². The highest BCUT2D eigenvalue weighted by atomic mass is 16.5. The molecule has 1 unspecified atom stereocenters. The van der Waals surface area contributed by atoms with Gasteiger partial charge in [0.05, 0.1) is 12.7 Å². The smallest absolute Gasteiger partial charge is 0.125 e. The molecular formula is C15H24O2. The number of aliphatic hydroxyl groups is 1. The van der Waals surface area contributed by atoms with Crippen molar-refractivity contribution in [2.45, 2.75) is 46.6 Å². The third kappa shape index (κ3) is 4.78. The summed E-state index contributed by atoms with van der Waals surface area (Å²) < 4.78 is 5.74. The molecular weight excluding hydrogens is 212 g/mol. The summed E-state index contributed by atoms with van der Waals surface area (Å²) >= 11 is 0. The Labute approximate surface area is 105 Å². The maximum atomic E-state index is 9.69. The molecule has 0 saturated heterocycles. The van der Waals surface area contributed by atoms with Gasteiger partial charge >= 0.3 is 0 Å². The molecule has 1 aromatic rings. The normalized spacial score (nSPS) is 12.8. The van der Waals surface area contributed by atoms with Crippen LogP contribution in [0, 0.1) is 12.8 Å². The first-order valence-corrected chi connectivity index (χ1v) is 6.42. The van der Waals surface area contributed by atoms with Crippen molar-refractivity contribution in [1.82, 2.24) is 0 Å². The van der Waals surface area contributed by atoms with E-state index in [1.807, 2.05) is 25.1 Å². The lowest BCUT2D eigenvalue weighted by Crippen LogP contribution is -2.03. The topological polar surface area (TPSA) is 29.5 Å². The quantitative estimate of drug-likeness (QED) is 0.760. The lowest BCUT2D eigenvalue weighted by atomic mass is 10.1. The Morgan fingerprint density at radius 1 is 1.24 bits per heavy atom. The fraction of sp³-hybridized carbons (Fsp3) is 0.600. The molecule has 0 aliphatic rings. The molecule has 0 radical (unpaired) electrons. The molecule has 2 nitrogen and oxygen atoms in total. The first-order chi connectivity index (χ1) is 8.00. The highest BCUT2D eigenvalue weighted by Gasteiger charge is 2.09. The van der Waals surface area contributed by atoms with E-state index in [4.69, 9.17) is 4.74 Å². The number of rotatable bonds is 6. The Hall–Kier alpha value is -1.02. The van der Waals surface area contributed by atoms with Gasteiger partial charge in [-0.05, 0) is 44.7 Å². The molecule has 17 heavy (non-hydrogen) atoms. The molecule has 0 aliphatic heterocycles. The van der Waals surface area contributed by atoms with Crippen LogP contribution in [0.2, 0.25) is 0 Å². The molecule has 1 N–H and O–H groups in total. The number of aryl methyl sites for hydroxylation is 1. The zero-order valence-electron chi connectivity index (χ0n) is 11.4. The predicted octanol–water partition coefficient (Wildman–Crippen LogP) is 3.86. The van der Waals surface area contributed by atoms with Crippen LogP contribution in [0.25, 0.3) is 0 Å². The van der Waals surface area contributed by atoms with E-state index in [9.17, 15) is 5.11 Å². The molecule has 1 atom stereocenters. The van der Waals surface area contributed by atoms with Gasteiger partial charge in [-0.25, -0.2) is 0 Å². The van der Waals surface area contributed by atoms with Gasteiger partial charge in [0.25, 0.3) is 0 Å². The van der Waals surface area contributed by atoms with Crippen LogP contribution in [-0.2, 0) is 0 Å². The second kappa shape index (κ2) is 6.65. The lowest BCUT2D eigenvalue weighted by Gasteiger charge is -2.14. The molecule has 0 heterocycles. The number of ether oxygens (including phenoxy) is 1. The zero-order valence-corrected chi connectivity index (χ0v) is 11.4. The van der Waals surface area contributed by atoms with Gasteiger partial charge in [-0.3, -0.25) is 0 Å². The minimum atomic E-state index is -0.477. The second-order valence-electron chi connectivity index (χ2n) is 5.10. The first kappa shape index (κ1) is 14.0. The third-order valence-electron chi connectivity index (χ3n) is 2.80. The van der Waals surface area contributed by atoms with Crippen LogP contribution in [0.3, 0.4) is 0 Å². The minimum absolute atomic E-state index is 0.477. The van der Waals surface area contributed by atoms with Crippen molar-refractivity contribution in [1.29, 1.82) is 0 Å². The molecule has 2 heteroatoms. The van der Waals surface area contributed by atoms with E-state index in [1.54, 1.807) is 6.92 Å². The highest BCUT2D eigenvalue weighted by molar-refractivity contribution is 5.38. The van der Waals surface area contributed by atoms with Gasteiger partial charge in [-0.1, -0.05) is 25.5 Å². The van der Waals surface area contributed by atoms with Crippen molar-refractivity contribution in [3.05, 3.63) is 29.3 Å². The minimum Gasteiger partial charge on any atom is -0.493 e. The van der Waals surface area contributed by atoms with Crippen LogP contribution in [0.4, 0.5) is 0 Å². The van der Waals surface area contributed by atoms with Crippen molar-refractivity contribution in [3.8, 4) is 5.75 Å². The van der Waals surface area contributed by atoms with E-state index in [0.29, 0.717) is 5.92 Å². The highest BCUT2D eigenvalue weighted by Crippen LogP contribution is 2.26. The maximum absolute atomic E-state index is 9.69. The summed E-state index contributed by atoms with van der Waals surface area (Å²) in [6, 6.07) is 5.96. The van der Waals surface area contributed by atoms with Gasteiger partial charge in [-0.15, -0.1) is 0 Å². The fourth-order valence-electron chi connectivity index (χ4n) is 1.80. The van der Waals surface area contributed by atoms with E-state index < -0.39 is 6.10 Å². The van der Waals surface area contributed by atoms with Crippen LogP contribution in [0.1, 0.15) is 50.8 Å². The SMILES string of the molecule is Cc1ccc(OCCCC(C)C)c(C(C)O)c1. The third-order valence-corrected chi connectivity index (χ3v) is 2.80. The summed E-state index contributed by atoms with van der Waals surface area (Å²) in [5, 5.41) is 9.69. The number of aliphatic hydroxyl groups excluding tert-OH is 1. The largest absolute Gasteiger partial charge is 0.493 e. The summed E-state index contributed by atoms with van der Waals surface area (Å²) in [4.78, 5) is 0. The number of benzene rings is 1. The van der Waals surface area contributed by atoms with Crippen LogP contribution >= 0.6 is 0 Å². The van der Waals surface area contributed by atoms with Crippen LogP contribution < -0.4 is 4.74 Å². The molecule has 0 fully saturated rings. The molecule has 0 saturated carbocycles. The Morgan fingerprint density at radius 3 is 2.53 bits per heavy atom. The Balaban J connectivity index is 2.58. The predicted molar refractivity (Wildman–Crippen MR) is 71.4 cm³/mol. The van der Waals surface area contributed by atoms with Crippen molar-refractivity contribution < 1.29 is 9.84 Å². The standard InChI is InChI=1S/C15H24O2/c1-11(2)6-5-9-17-15-8-7-12(3)10-14(15)13(4)16/h7-8,10-11,13,16H,5-6,9H2,1-4H3. The van der Waals surface area contributed by atoms with E-state index in [0.717, 1.165) is 29.9 Å². The Bertz CT molecular complexity index is 343. The summed E-state index contributed by atoms with van der Waals surface area (Å²) in [7, 11) is 0. The Kier molecular flexibility index (Phi) is 5.49. The molecule has 96 valence electrons. The molecule has 0 amide bonds. The van der Waals surface area contributed by atoms with Gasteiger partial charge in [0.15, 0.2) is 0 Å². The molecule has 1 aromatic carbocycles. The summed E-state index contributed by atoms with van der Waals surface area (Å²) in [5.41, 5.74) is 2.03. The molecule has 1 rings (SSSR count). The van der Waals surface area contributed by atoms with Crippen LogP contribution in [0.5, 0.6) is 5.75 Å². The lowest BCUT2D eigenvalue weighted by molar-refractivity contribution is 0.190. The van der Waals surface area contributed by atoms with Gasteiger partial charge in [0.2, 0.25) is 0 Å². The van der Waals surface area contributed by atoms with Crippen molar-refractivity contribution >= 4 is 0 Å². The molecule has 0 aromatic heterocycles. The molecule has 0 bridgehead atoms. The van der Waals surface area contributed by atoms with Gasteiger partial charge in [0, 0.05) is 5.56 Å². The van der Waals surface area contributed by atoms with Crippen LogP contribution in [-0.4, -0.2) is 11.7 Å². The van der Waals surface area contributed by atoms with E-state index in [2.05, 4.69) is 13.8 Å². The van der Waals surface area contributed by atoms with Crippen LogP contribution in [0.15, 0.2) is 18.2 Å². The zero-order chi connectivity index (χ0) is 12.8. The second-order valence-corrected chi connectivity index (χ2v) is 5.10. The summed E-state index contributed by atoms with van der Waals surface area (Å²) in [6.45, 7) is 8.95. The van der Waals surface area contributed by atoms with Gasteiger partial charge < -0.3 is 9.84 Å². The van der Waals surface area contributed by atoms with Gasteiger partial charge in [0.1, 0.15) is 5.75 Å². The number of hydrogen-bond acceptors (Lipinski definition) is 2. The Morgan fingerprint density at radius 2 is 1.94 bits per heavy atom. The average Bonchev–Trinajstić information content (AvgIpc) is 2.25. The first-order valence-electron chi connectivity index (χ1n) is 6.42. The van der Waals surface area contributed by atoms with Crippen molar-refractivity contribution in [2.75, 3.05) is 6.61 Å². The fourth-order valence-corrected chi connectivity index (χ4v) is 1.80. The number of hydrogen-bond donors (Lipinski definition) is 1. The van der Waals surface area contributed by atoms with E-state index in [-0.39, 0.29) is 0 Å². The molecule has 0 aliphatic carbocycles. The van der Waals surface area contributed by atoms with Crippen molar-refractivity contribution in [2.24, 2.45) is 5.92 Å².